The smallest absolute Gasteiger partial charge is 0.309 e. The van der Waals surface area contributed by atoms with Crippen LogP contribution in [0.3, 0.4) is 0 Å². The first kappa shape index (κ1) is 23.5. The van der Waals surface area contributed by atoms with Crippen LogP contribution in [0, 0.1) is 23.0 Å². The summed E-state index contributed by atoms with van der Waals surface area (Å²) < 4.78 is 29.8. The fourth-order valence-corrected chi connectivity index (χ4v) is 5.57. The lowest BCUT2D eigenvalue weighted by Gasteiger charge is -2.35. The largest absolute Gasteiger partial charge is 0.481 e. The van der Waals surface area contributed by atoms with Gasteiger partial charge in [0.1, 0.15) is 17.3 Å². The third kappa shape index (κ3) is 4.42. The molecule has 1 aromatic carbocycles. The van der Waals surface area contributed by atoms with Gasteiger partial charge in [0, 0.05) is 41.9 Å². The number of hydrogen-bond donors (Lipinski definition) is 1. The zero-order chi connectivity index (χ0) is 24.7. The molecule has 0 radical (unpaired) electrons. The molecule has 5 rings (SSSR count). The number of aromatic nitrogens is 2. The summed E-state index contributed by atoms with van der Waals surface area (Å²) in [6.07, 6.45) is 5.45. The highest BCUT2D eigenvalue weighted by molar-refractivity contribution is 5.84. The van der Waals surface area contributed by atoms with Crippen LogP contribution < -0.4 is 0 Å². The quantitative estimate of drug-likeness (QED) is 0.561. The predicted molar refractivity (Wildman–Crippen MR) is 127 cm³/mol. The summed E-state index contributed by atoms with van der Waals surface area (Å²) in [6.45, 7) is 3.00. The monoisotopic (exact) mass is 481 g/mol. The zero-order valence-corrected chi connectivity index (χ0v) is 19.8. The number of halogens is 2. The highest BCUT2D eigenvalue weighted by Crippen LogP contribution is 2.40. The molecule has 1 aliphatic carbocycles. The molecule has 0 unspecified atom stereocenters. The first-order valence-corrected chi connectivity index (χ1v) is 12.2. The van der Waals surface area contributed by atoms with Crippen LogP contribution in [0.5, 0.6) is 0 Å². The van der Waals surface area contributed by atoms with Crippen molar-refractivity contribution in [1.29, 1.82) is 0 Å². The molecule has 0 saturated heterocycles. The SMILES string of the molecule is C[C@]1(C(=O)O)CC[C@@H](CC(=O)N2CCc3c(n(Cc4ccc(F)cc4F)c4ncccc34)C2)CC1. The predicted octanol–water partition coefficient (Wildman–Crippen LogP) is 4.92. The number of aliphatic carboxylic acids is 1. The fraction of sp³-hybridized carbons (Fsp3) is 0.444. The fourth-order valence-electron chi connectivity index (χ4n) is 5.57. The molecular formula is C27H29F2N3O3. The lowest BCUT2D eigenvalue weighted by molar-refractivity contribution is -0.150. The third-order valence-corrected chi connectivity index (χ3v) is 7.90. The minimum Gasteiger partial charge on any atom is -0.481 e. The van der Waals surface area contributed by atoms with Crippen molar-refractivity contribution >= 4 is 22.9 Å². The van der Waals surface area contributed by atoms with Gasteiger partial charge in [-0.15, -0.1) is 0 Å². The Hall–Kier alpha value is -3.29. The molecule has 2 aliphatic rings. The van der Waals surface area contributed by atoms with Gasteiger partial charge in [-0.25, -0.2) is 13.8 Å². The summed E-state index contributed by atoms with van der Waals surface area (Å²) in [5.41, 5.74) is 2.46. The summed E-state index contributed by atoms with van der Waals surface area (Å²) in [6, 6.07) is 7.45. The van der Waals surface area contributed by atoms with E-state index in [1.54, 1.807) is 13.1 Å². The molecular weight excluding hydrogens is 452 g/mol. The van der Waals surface area contributed by atoms with Crippen LogP contribution in [0.4, 0.5) is 8.78 Å². The Labute approximate surface area is 202 Å². The van der Waals surface area contributed by atoms with Crippen LogP contribution in [-0.4, -0.2) is 38.0 Å². The van der Waals surface area contributed by atoms with Crippen molar-refractivity contribution in [3.8, 4) is 0 Å². The van der Waals surface area contributed by atoms with Gasteiger partial charge >= 0.3 is 5.97 Å². The van der Waals surface area contributed by atoms with Crippen molar-refractivity contribution in [3.63, 3.8) is 0 Å². The normalized spacial score (nSPS) is 22.3. The lowest BCUT2D eigenvalue weighted by atomic mass is 9.71. The minimum atomic E-state index is -0.759. The van der Waals surface area contributed by atoms with Gasteiger partial charge in [0.15, 0.2) is 0 Å². The Morgan fingerprint density at radius 2 is 1.97 bits per heavy atom. The van der Waals surface area contributed by atoms with E-state index in [9.17, 15) is 23.5 Å². The molecule has 8 heteroatoms. The summed E-state index contributed by atoms with van der Waals surface area (Å²) in [5.74, 6) is -1.72. The molecule has 0 bridgehead atoms. The van der Waals surface area contributed by atoms with Crippen molar-refractivity contribution in [3.05, 3.63) is 65.0 Å². The Kier molecular flexibility index (Phi) is 6.07. The molecule has 1 amide bonds. The van der Waals surface area contributed by atoms with Gasteiger partial charge < -0.3 is 14.6 Å². The molecule has 1 fully saturated rings. The number of amides is 1. The van der Waals surface area contributed by atoms with Crippen LogP contribution in [0.25, 0.3) is 11.0 Å². The van der Waals surface area contributed by atoms with Crippen molar-refractivity contribution in [2.75, 3.05) is 6.54 Å². The molecule has 6 nitrogen and oxygen atoms in total. The van der Waals surface area contributed by atoms with Gasteiger partial charge in [0.25, 0.3) is 0 Å². The molecule has 0 spiro atoms. The molecule has 35 heavy (non-hydrogen) atoms. The van der Waals surface area contributed by atoms with Gasteiger partial charge in [0.05, 0.1) is 18.5 Å². The minimum absolute atomic E-state index is 0.0670. The maximum absolute atomic E-state index is 14.5. The van der Waals surface area contributed by atoms with Crippen molar-refractivity contribution in [1.82, 2.24) is 14.5 Å². The highest BCUT2D eigenvalue weighted by atomic mass is 19.1. The number of hydrogen-bond acceptors (Lipinski definition) is 3. The zero-order valence-electron chi connectivity index (χ0n) is 19.8. The number of fused-ring (bicyclic) bond motifs is 3. The number of benzene rings is 1. The summed E-state index contributed by atoms with van der Waals surface area (Å²) in [5, 5.41) is 10.5. The van der Waals surface area contributed by atoms with Gasteiger partial charge in [-0.05, 0) is 68.7 Å². The van der Waals surface area contributed by atoms with Gasteiger partial charge in [-0.2, -0.15) is 0 Å². The Morgan fingerprint density at radius 3 is 2.69 bits per heavy atom. The molecule has 1 saturated carbocycles. The van der Waals surface area contributed by atoms with Crippen LogP contribution in [-0.2, 0) is 29.1 Å². The van der Waals surface area contributed by atoms with Gasteiger partial charge in [-0.3, -0.25) is 9.59 Å². The lowest BCUT2D eigenvalue weighted by Crippen LogP contribution is -2.39. The van der Waals surface area contributed by atoms with Crippen LogP contribution >= 0.6 is 0 Å². The van der Waals surface area contributed by atoms with Crippen molar-refractivity contribution in [2.45, 2.75) is 58.5 Å². The Morgan fingerprint density at radius 1 is 1.20 bits per heavy atom. The molecule has 2 aromatic heterocycles. The van der Waals surface area contributed by atoms with E-state index >= 15 is 0 Å². The molecule has 184 valence electrons. The van der Waals surface area contributed by atoms with Gasteiger partial charge in [0.2, 0.25) is 5.91 Å². The number of nitrogens with zero attached hydrogens (tertiary/aromatic N) is 3. The average Bonchev–Trinajstić information content (AvgIpc) is 3.15. The van der Waals surface area contributed by atoms with E-state index in [1.165, 1.54) is 12.1 Å². The van der Waals surface area contributed by atoms with Gasteiger partial charge in [-0.1, -0.05) is 6.07 Å². The second kappa shape index (κ2) is 9.06. The standard InChI is InChI=1S/C27H29F2N3O3/c1-27(26(34)35)9-6-17(7-10-27)13-24(33)31-12-8-20-21-3-2-11-30-25(21)32(23(20)16-31)15-18-4-5-19(28)14-22(18)29/h2-5,11,14,17H,6-10,12-13,15-16H2,1H3,(H,34,35)/t17-,27+. The highest BCUT2D eigenvalue weighted by Gasteiger charge is 2.38. The Balaban J connectivity index is 1.36. The average molecular weight is 482 g/mol. The maximum Gasteiger partial charge on any atom is 0.309 e. The number of carbonyl (C=O) groups excluding carboxylic acids is 1. The third-order valence-electron chi connectivity index (χ3n) is 7.90. The number of carbonyl (C=O) groups is 2. The van der Waals surface area contributed by atoms with E-state index < -0.39 is 23.0 Å². The summed E-state index contributed by atoms with van der Waals surface area (Å²) >= 11 is 0. The first-order chi connectivity index (χ1) is 16.7. The molecule has 3 aromatic rings. The van der Waals surface area contributed by atoms with Crippen molar-refractivity contribution in [2.24, 2.45) is 11.3 Å². The second-order valence-corrected chi connectivity index (χ2v) is 10.2. The number of rotatable bonds is 5. The van der Waals surface area contributed by atoms with Crippen LogP contribution in [0.1, 0.15) is 55.8 Å². The number of carboxylic acids is 1. The number of carboxylic acid groups (broad SMARTS) is 1. The molecule has 1 N–H and O–H groups in total. The van der Waals surface area contributed by atoms with E-state index in [0.717, 1.165) is 41.2 Å². The second-order valence-electron chi connectivity index (χ2n) is 10.2. The summed E-state index contributed by atoms with van der Waals surface area (Å²) in [4.78, 5) is 31.1. The van der Waals surface area contributed by atoms with E-state index in [-0.39, 0.29) is 18.4 Å². The van der Waals surface area contributed by atoms with Crippen molar-refractivity contribution < 1.29 is 23.5 Å². The number of pyridine rings is 1. The van der Waals surface area contributed by atoms with E-state index in [0.29, 0.717) is 44.3 Å². The van der Waals surface area contributed by atoms with Crippen LogP contribution in [0.15, 0.2) is 36.5 Å². The summed E-state index contributed by atoms with van der Waals surface area (Å²) in [7, 11) is 0. The molecule has 0 atom stereocenters. The maximum atomic E-state index is 14.5. The van der Waals surface area contributed by atoms with E-state index in [4.69, 9.17) is 0 Å². The Bertz CT molecular complexity index is 1290. The molecule has 3 heterocycles. The van der Waals surface area contributed by atoms with E-state index in [2.05, 4.69) is 4.98 Å². The van der Waals surface area contributed by atoms with E-state index in [1.807, 2.05) is 21.6 Å². The van der Waals surface area contributed by atoms with Crippen LogP contribution in [0.2, 0.25) is 0 Å². The first-order valence-electron chi connectivity index (χ1n) is 12.2. The molecule has 1 aliphatic heterocycles. The topological polar surface area (TPSA) is 75.4 Å².